The number of ether oxygens (including phenoxy) is 2. The summed E-state index contributed by atoms with van der Waals surface area (Å²) < 4.78 is 61.7. The molecule has 38 heavy (non-hydrogen) atoms. The summed E-state index contributed by atoms with van der Waals surface area (Å²) in [5, 5.41) is 12.7. The van der Waals surface area contributed by atoms with E-state index in [4.69, 9.17) is 9.47 Å². The Hall–Kier alpha value is -4.00. The minimum Gasteiger partial charge on any atom is -0.489 e. The van der Waals surface area contributed by atoms with E-state index >= 15 is 0 Å². The second kappa shape index (κ2) is 12.0. The number of amides is 2. The topological polar surface area (TPSA) is 107 Å². The Morgan fingerprint density at radius 2 is 1.76 bits per heavy atom. The van der Waals surface area contributed by atoms with Gasteiger partial charge in [0.1, 0.15) is 31.3 Å². The molecule has 1 heterocycles. The molecule has 3 aromatic rings. The van der Waals surface area contributed by atoms with Gasteiger partial charge < -0.3 is 20.1 Å². The lowest BCUT2D eigenvalue weighted by Crippen LogP contribution is -2.35. The molecule has 13 heteroatoms. The molecule has 2 aromatic carbocycles. The number of carbonyl (C=O) groups excluding carboxylic acids is 2. The molecule has 0 atom stereocenters. The summed E-state index contributed by atoms with van der Waals surface area (Å²) in [4.78, 5) is 25.0. The summed E-state index contributed by atoms with van der Waals surface area (Å²) in [6.07, 6.45) is -1.78. The number of hydrogen-bond donors (Lipinski definition) is 2. The van der Waals surface area contributed by atoms with E-state index in [1.54, 1.807) is 5.32 Å². The number of carbonyl (C=O) groups is 2. The van der Waals surface area contributed by atoms with Gasteiger partial charge in [0, 0.05) is 11.6 Å². The smallest absolute Gasteiger partial charge is 0.405 e. The van der Waals surface area contributed by atoms with E-state index in [0.717, 1.165) is 0 Å². The summed E-state index contributed by atoms with van der Waals surface area (Å²) in [5.74, 6) is -1.29. The molecule has 0 saturated carbocycles. The highest BCUT2D eigenvalue weighted by atomic mass is 19.4. The zero-order valence-corrected chi connectivity index (χ0v) is 20.1. The number of benzene rings is 2. The molecular formula is C25H25F4N5O4. The zero-order valence-electron chi connectivity index (χ0n) is 20.1. The van der Waals surface area contributed by atoms with Crippen LogP contribution in [0.15, 0.2) is 48.7 Å². The van der Waals surface area contributed by atoms with Crippen LogP contribution in [-0.4, -0.2) is 72.1 Å². The van der Waals surface area contributed by atoms with Crippen molar-refractivity contribution in [1.29, 1.82) is 0 Å². The number of fused-ring (bicyclic) bond motifs is 1. The highest BCUT2D eigenvalue weighted by Crippen LogP contribution is 2.25. The van der Waals surface area contributed by atoms with Crippen molar-refractivity contribution in [2.24, 2.45) is 0 Å². The van der Waals surface area contributed by atoms with Crippen LogP contribution in [-0.2, 0) is 17.6 Å². The second-order valence-electron chi connectivity index (χ2n) is 8.53. The molecular weight excluding hydrogens is 510 g/mol. The van der Waals surface area contributed by atoms with Crippen LogP contribution in [0.25, 0.3) is 5.69 Å². The van der Waals surface area contributed by atoms with Crippen molar-refractivity contribution >= 4 is 11.8 Å². The van der Waals surface area contributed by atoms with Gasteiger partial charge in [-0.1, -0.05) is 29.5 Å². The third kappa shape index (κ3) is 7.06. The fraction of sp³-hybridized carbons (Fsp3) is 0.360. The maximum absolute atomic E-state index is 12.8. The van der Waals surface area contributed by atoms with E-state index in [1.807, 2.05) is 24.3 Å². The predicted octanol–water partition coefficient (Wildman–Crippen LogP) is 2.82. The lowest BCUT2D eigenvalue weighted by atomic mass is 10.1. The molecule has 1 aliphatic carbocycles. The Kier molecular flexibility index (Phi) is 8.56. The van der Waals surface area contributed by atoms with Gasteiger partial charge in [0.05, 0.1) is 19.4 Å². The number of hydrogen-bond acceptors (Lipinski definition) is 6. The molecule has 0 bridgehead atoms. The minimum absolute atomic E-state index is 0.0304. The zero-order chi connectivity index (χ0) is 27.1. The standard InChI is InChI=1S/C25H25F4N5O4/c26-7-8-37-9-10-38-22-13-18(23(35)30-15-25(27,28)29)5-6-21(22)34-14-20(32-33-34)24(36)31-19-11-16-3-1-2-4-17(16)12-19/h1-6,13-14,19H,7-12,15H2,(H,30,35)(H,31,36). The lowest BCUT2D eigenvalue weighted by Gasteiger charge is -2.14. The Labute approximate surface area is 215 Å². The minimum atomic E-state index is -4.57. The van der Waals surface area contributed by atoms with Gasteiger partial charge in [-0.05, 0) is 42.2 Å². The average molecular weight is 535 g/mol. The monoisotopic (exact) mass is 535 g/mol. The Morgan fingerprint density at radius 1 is 1.03 bits per heavy atom. The van der Waals surface area contributed by atoms with E-state index in [1.165, 1.54) is 40.2 Å². The van der Waals surface area contributed by atoms with Gasteiger partial charge in [-0.3, -0.25) is 9.59 Å². The first kappa shape index (κ1) is 27.0. The van der Waals surface area contributed by atoms with Gasteiger partial charge in [-0.15, -0.1) is 5.10 Å². The maximum Gasteiger partial charge on any atom is 0.405 e. The first-order chi connectivity index (χ1) is 18.2. The normalized spacial score (nSPS) is 13.3. The first-order valence-electron chi connectivity index (χ1n) is 11.8. The van der Waals surface area contributed by atoms with Gasteiger partial charge >= 0.3 is 6.18 Å². The molecule has 9 nitrogen and oxygen atoms in total. The largest absolute Gasteiger partial charge is 0.489 e. The van der Waals surface area contributed by atoms with E-state index in [-0.39, 0.29) is 48.6 Å². The quantitative estimate of drug-likeness (QED) is 0.289. The molecule has 0 spiro atoms. The third-order valence-corrected chi connectivity index (χ3v) is 5.74. The summed E-state index contributed by atoms with van der Waals surface area (Å²) in [6, 6.07) is 11.8. The van der Waals surface area contributed by atoms with Crippen LogP contribution in [0.3, 0.4) is 0 Å². The predicted molar refractivity (Wildman–Crippen MR) is 127 cm³/mol. The first-order valence-corrected chi connectivity index (χ1v) is 11.8. The van der Waals surface area contributed by atoms with Crippen molar-refractivity contribution in [3.8, 4) is 11.4 Å². The van der Waals surface area contributed by atoms with Gasteiger partial charge in [0.25, 0.3) is 11.8 Å². The molecule has 0 fully saturated rings. The van der Waals surface area contributed by atoms with E-state index in [2.05, 4.69) is 15.6 Å². The molecule has 1 aromatic heterocycles. The molecule has 2 N–H and O–H groups in total. The fourth-order valence-corrected chi connectivity index (χ4v) is 4.02. The molecule has 0 aliphatic heterocycles. The van der Waals surface area contributed by atoms with Crippen LogP contribution in [0.1, 0.15) is 32.0 Å². The van der Waals surface area contributed by atoms with Crippen molar-refractivity contribution in [3.05, 3.63) is 71.0 Å². The summed E-state index contributed by atoms with van der Waals surface area (Å²) >= 11 is 0. The highest BCUT2D eigenvalue weighted by Gasteiger charge is 2.28. The van der Waals surface area contributed by atoms with Crippen LogP contribution in [0.4, 0.5) is 17.6 Å². The Bertz CT molecular complexity index is 1260. The number of halogens is 4. The van der Waals surface area contributed by atoms with Crippen LogP contribution < -0.4 is 15.4 Å². The van der Waals surface area contributed by atoms with E-state index in [9.17, 15) is 27.2 Å². The second-order valence-corrected chi connectivity index (χ2v) is 8.53. The molecule has 4 rings (SSSR count). The van der Waals surface area contributed by atoms with Crippen LogP contribution in [0, 0.1) is 0 Å². The summed E-state index contributed by atoms with van der Waals surface area (Å²) in [6.45, 7) is -2.29. The van der Waals surface area contributed by atoms with E-state index in [0.29, 0.717) is 12.8 Å². The van der Waals surface area contributed by atoms with Crippen molar-refractivity contribution in [3.63, 3.8) is 0 Å². The van der Waals surface area contributed by atoms with Crippen molar-refractivity contribution in [2.45, 2.75) is 25.1 Å². The molecule has 1 aliphatic rings. The number of nitrogens with one attached hydrogen (secondary N) is 2. The number of alkyl halides is 4. The van der Waals surface area contributed by atoms with Gasteiger partial charge in [0.15, 0.2) is 5.69 Å². The highest BCUT2D eigenvalue weighted by molar-refractivity contribution is 5.95. The van der Waals surface area contributed by atoms with Crippen LogP contribution in [0.5, 0.6) is 5.75 Å². The number of nitrogens with zero attached hydrogens (tertiary/aromatic N) is 3. The van der Waals surface area contributed by atoms with E-state index < -0.39 is 31.2 Å². The van der Waals surface area contributed by atoms with Gasteiger partial charge in [-0.25, -0.2) is 9.07 Å². The summed E-state index contributed by atoms with van der Waals surface area (Å²) in [5.41, 5.74) is 2.60. The molecule has 0 unspecified atom stereocenters. The van der Waals surface area contributed by atoms with Crippen molar-refractivity contribution < 1.29 is 36.6 Å². The molecule has 0 saturated heterocycles. The molecule has 202 valence electrons. The third-order valence-electron chi connectivity index (χ3n) is 5.74. The SMILES string of the molecule is O=C(NCC(F)(F)F)c1ccc(-n2cc(C(=O)NC3Cc4ccccc4C3)nn2)c(OCCOCCF)c1. The van der Waals surface area contributed by atoms with Crippen LogP contribution >= 0.6 is 0 Å². The average Bonchev–Trinajstić information content (AvgIpc) is 3.54. The number of aromatic nitrogens is 3. The Morgan fingerprint density at radius 3 is 2.45 bits per heavy atom. The van der Waals surface area contributed by atoms with Gasteiger partial charge in [0.2, 0.25) is 0 Å². The molecule has 0 radical (unpaired) electrons. The molecule has 2 amide bonds. The fourth-order valence-electron chi connectivity index (χ4n) is 4.02. The van der Waals surface area contributed by atoms with Gasteiger partial charge in [-0.2, -0.15) is 13.2 Å². The van der Waals surface area contributed by atoms with Crippen molar-refractivity contribution in [2.75, 3.05) is 33.0 Å². The van der Waals surface area contributed by atoms with Crippen molar-refractivity contribution in [1.82, 2.24) is 25.6 Å². The Balaban J connectivity index is 1.48. The number of rotatable bonds is 11. The lowest BCUT2D eigenvalue weighted by molar-refractivity contribution is -0.123. The van der Waals surface area contributed by atoms with Crippen LogP contribution in [0.2, 0.25) is 0 Å². The summed E-state index contributed by atoms with van der Waals surface area (Å²) in [7, 11) is 0. The maximum atomic E-state index is 12.8.